The van der Waals surface area contributed by atoms with E-state index in [1.807, 2.05) is 0 Å². The predicted molar refractivity (Wildman–Crippen MR) is 65.0 cm³/mol. The number of rotatable bonds is 4. The fourth-order valence-electron chi connectivity index (χ4n) is 1.48. The molecule has 0 aromatic rings. The number of hydrogen-bond acceptors (Lipinski definition) is 1. The third-order valence-corrected chi connectivity index (χ3v) is 8.57. The molecule has 0 radical (unpaired) electrons. The Bertz CT molecular complexity index is 193. The Morgan fingerprint density at radius 3 is 2.14 bits per heavy atom. The minimum Gasteiger partial charge on any atom is -0.417 e. The lowest BCUT2D eigenvalue weighted by Gasteiger charge is -2.36. The molecule has 2 heteroatoms. The Balaban J connectivity index is 2.22. The molecule has 1 fully saturated rings. The van der Waals surface area contributed by atoms with E-state index >= 15 is 0 Å². The van der Waals surface area contributed by atoms with E-state index in [9.17, 15) is 0 Å². The summed E-state index contributed by atoms with van der Waals surface area (Å²) >= 11 is 0. The first-order chi connectivity index (χ1) is 6.24. The highest BCUT2D eigenvalue weighted by molar-refractivity contribution is 6.74. The van der Waals surface area contributed by atoms with Gasteiger partial charge in [-0.2, -0.15) is 0 Å². The van der Waals surface area contributed by atoms with Crippen molar-refractivity contribution in [1.29, 1.82) is 0 Å². The van der Waals surface area contributed by atoms with E-state index in [4.69, 9.17) is 4.43 Å². The molecule has 14 heavy (non-hydrogen) atoms. The lowest BCUT2D eigenvalue weighted by Crippen LogP contribution is -2.41. The molecule has 1 nitrogen and oxygen atoms in total. The molecular formula is C12H26OSi. The molecule has 0 amide bonds. The Morgan fingerprint density at radius 2 is 1.79 bits per heavy atom. The van der Waals surface area contributed by atoms with Gasteiger partial charge in [0, 0.05) is 6.61 Å². The van der Waals surface area contributed by atoms with Gasteiger partial charge in [0.1, 0.15) is 0 Å². The third kappa shape index (κ3) is 3.09. The summed E-state index contributed by atoms with van der Waals surface area (Å²) in [7, 11) is -1.47. The second-order valence-corrected chi connectivity index (χ2v) is 11.2. The maximum atomic E-state index is 6.13. The SMILES string of the molecule is CC1CC1CCO[Si](C)(C)C(C)(C)C. The lowest BCUT2D eigenvalue weighted by atomic mass is 10.2. The molecule has 0 aliphatic heterocycles. The van der Waals surface area contributed by atoms with E-state index in [0.717, 1.165) is 18.4 Å². The van der Waals surface area contributed by atoms with E-state index in [2.05, 4.69) is 40.8 Å². The normalized spacial score (nSPS) is 27.9. The van der Waals surface area contributed by atoms with Crippen LogP contribution < -0.4 is 0 Å². The van der Waals surface area contributed by atoms with Gasteiger partial charge in [-0.1, -0.05) is 27.7 Å². The first-order valence-corrected chi connectivity index (χ1v) is 8.79. The molecule has 1 saturated carbocycles. The van der Waals surface area contributed by atoms with Crippen LogP contribution in [0.25, 0.3) is 0 Å². The van der Waals surface area contributed by atoms with E-state index in [-0.39, 0.29) is 0 Å². The highest BCUT2D eigenvalue weighted by Crippen LogP contribution is 2.41. The van der Waals surface area contributed by atoms with Crippen LogP contribution >= 0.6 is 0 Å². The molecule has 0 heterocycles. The molecule has 84 valence electrons. The quantitative estimate of drug-likeness (QED) is 0.641. The standard InChI is InChI=1S/C12H26OSi/c1-10-9-11(10)7-8-13-14(5,6)12(2,3)4/h10-11H,7-9H2,1-6H3. The summed E-state index contributed by atoms with van der Waals surface area (Å²) in [5.74, 6) is 1.94. The van der Waals surface area contributed by atoms with Crippen LogP contribution in [0.3, 0.4) is 0 Å². The van der Waals surface area contributed by atoms with E-state index in [1.54, 1.807) is 0 Å². The molecule has 0 aromatic heterocycles. The van der Waals surface area contributed by atoms with Crippen molar-refractivity contribution in [3.63, 3.8) is 0 Å². The molecular weight excluding hydrogens is 188 g/mol. The minimum absolute atomic E-state index is 0.363. The Morgan fingerprint density at radius 1 is 1.29 bits per heavy atom. The largest absolute Gasteiger partial charge is 0.417 e. The van der Waals surface area contributed by atoms with Crippen molar-refractivity contribution in [1.82, 2.24) is 0 Å². The maximum Gasteiger partial charge on any atom is 0.191 e. The second-order valence-electron chi connectivity index (χ2n) is 6.37. The van der Waals surface area contributed by atoms with Crippen LogP contribution in [-0.2, 0) is 4.43 Å². The van der Waals surface area contributed by atoms with Crippen molar-refractivity contribution >= 4 is 8.32 Å². The van der Waals surface area contributed by atoms with Gasteiger partial charge in [-0.05, 0) is 42.8 Å². The third-order valence-electron chi connectivity index (χ3n) is 4.03. The maximum absolute atomic E-state index is 6.13. The van der Waals surface area contributed by atoms with Crippen LogP contribution in [0.15, 0.2) is 0 Å². The van der Waals surface area contributed by atoms with Gasteiger partial charge in [0.05, 0.1) is 0 Å². The Labute approximate surface area is 90.4 Å². The monoisotopic (exact) mass is 214 g/mol. The Kier molecular flexibility index (Phi) is 3.48. The van der Waals surface area contributed by atoms with Crippen LogP contribution in [0.1, 0.15) is 40.5 Å². The summed E-state index contributed by atoms with van der Waals surface area (Å²) in [4.78, 5) is 0. The highest BCUT2D eigenvalue weighted by Gasteiger charge is 2.38. The zero-order valence-electron chi connectivity index (χ0n) is 10.7. The molecule has 0 saturated heterocycles. The molecule has 1 aliphatic carbocycles. The lowest BCUT2D eigenvalue weighted by molar-refractivity contribution is 0.273. The molecule has 0 aromatic carbocycles. The molecule has 1 aliphatic rings. The summed E-state index contributed by atoms with van der Waals surface area (Å²) in [6.45, 7) is 14.9. The van der Waals surface area contributed by atoms with Crippen LogP contribution in [-0.4, -0.2) is 14.9 Å². The van der Waals surface area contributed by atoms with Gasteiger partial charge in [-0.3, -0.25) is 0 Å². The smallest absolute Gasteiger partial charge is 0.191 e. The topological polar surface area (TPSA) is 9.23 Å². The van der Waals surface area contributed by atoms with E-state index in [1.165, 1.54) is 12.8 Å². The van der Waals surface area contributed by atoms with Gasteiger partial charge in [0.25, 0.3) is 0 Å². The minimum atomic E-state index is -1.47. The summed E-state index contributed by atoms with van der Waals surface area (Å²) in [6.07, 6.45) is 2.72. The van der Waals surface area contributed by atoms with Crippen molar-refractivity contribution in [2.75, 3.05) is 6.61 Å². The highest BCUT2D eigenvalue weighted by atomic mass is 28.4. The van der Waals surface area contributed by atoms with Crippen molar-refractivity contribution in [3.8, 4) is 0 Å². The first kappa shape index (κ1) is 12.2. The van der Waals surface area contributed by atoms with Gasteiger partial charge >= 0.3 is 0 Å². The summed E-state index contributed by atoms with van der Waals surface area (Å²) in [6, 6.07) is 0. The van der Waals surface area contributed by atoms with Crippen LogP contribution in [0.5, 0.6) is 0 Å². The zero-order valence-corrected chi connectivity index (χ0v) is 11.7. The van der Waals surface area contributed by atoms with Gasteiger partial charge in [0.15, 0.2) is 8.32 Å². The van der Waals surface area contributed by atoms with Gasteiger partial charge in [-0.15, -0.1) is 0 Å². The van der Waals surface area contributed by atoms with Gasteiger partial charge in [0.2, 0.25) is 0 Å². The zero-order chi connectivity index (χ0) is 11.0. The molecule has 2 atom stereocenters. The van der Waals surface area contributed by atoms with Crippen LogP contribution in [0, 0.1) is 11.8 Å². The molecule has 0 N–H and O–H groups in total. The summed E-state index contributed by atoms with van der Waals surface area (Å²) in [5, 5.41) is 0.363. The van der Waals surface area contributed by atoms with Crippen molar-refractivity contribution < 1.29 is 4.43 Å². The van der Waals surface area contributed by atoms with Crippen molar-refractivity contribution in [3.05, 3.63) is 0 Å². The van der Waals surface area contributed by atoms with Crippen molar-refractivity contribution in [2.24, 2.45) is 11.8 Å². The Hall–Kier alpha value is 0.177. The molecule has 0 spiro atoms. The van der Waals surface area contributed by atoms with E-state index < -0.39 is 8.32 Å². The van der Waals surface area contributed by atoms with Gasteiger partial charge in [-0.25, -0.2) is 0 Å². The second kappa shape index (κ2) is 3.97. The fraction of sp³-hybridized carbons (Fsp3) is 1.00. The molecule has 1 rings (SSSR count). The summed E-state index contributed by atoms with van der Waals surface area (Å²) in [5.41, 5.74) is 0. The van der Waals surface area contributed by atoms with E-state index in [0.29, 0.717) is 5.04 Å². The average Bonchev–Trinajstić information content (AvgIpc) is 2.63. The molecule has 2 unspecified atom stereocenters. The fourth-order valence-corrected chi connectivity index (χ4v) is 2.54. The number of hydrogen-bond donors (Lipinski definition) is 0. The first-order valence-electron chi connectivity index (χ1n) is 5.88. The van der Waals surface area contributed by atoms with Crippen LogP contribution in [0.2, 0.25) is 18.1 Å². The predicted octanol–water partition coefficient (Wildman–Crippen LogP) is 4.05. The average molecular weight is 214 g/mol. The molecule has 0 bridgehead atoms. The van der Waals surface area contributed by atoms with Crippen molar-refractivity contribution in [2.45, 2.75) is 58.7 Å². The van der Waals surface area contributed by atoms with Gasteiger partial charge < -0.3 is 4.43 Å². The van der Waals surface area contributed by atoms with Crippen LogP contribution in [0.4, 0.5) is 0 Å². The summed E-state index contributed by atoms with van der Waals surface area (Å²) < 4.78 is 6.13.